The largest absolute Gasteiger partial charge is 0.368 e. The summed E-state index contributed by atoms with van der Waals surface area (Å²) in [7, 11) is 0. The summed E-state index contributed by atoms with van der Waals surface area (Å²) in [4.78, 5) is 16.6. The fraction of sp³-hybridized carbons (Fsp3) is 0.611. The van der Waals surface area contributed by atoms with Crippen molar-refractivity contribution in [2.45, 2.75) is 38.5 Å². The van der Waals surface area contributed by atoms with E-state index in [1.165, 1.54) is 44.2 Å². The van der Waals surface area contributed by atoms with E-state index in [9.17, 15) is 9.18 Å². The summed E-state index contributed by atoms with van der Waals surface area (Å²) in [6, 6.07) is 6.62. The SMILES string of the molecule is O=C(CC1CCCCC1)N1CCN(c2ccc(F)cc2)CC1. The van der Waals surface area contributed by atoms with E-state index in [1.54, 1.807) is 0 Å². The van der Waals surface area contributed by atoms with E-state index in [0.29, 0.717) is 11.8 Å². The lowest BCUT2D eigenvalue weighted by molar-refractivity contribution is -0.132. The van der Waals surface area contributed by atoms with E-state index >= 15 is 0 Å². The maximum atomic E-state index is 13.0. The average molecular weight is 304 g/mol. The zero-order valence-electron chi connectivity index (χ0n) is 13.1. The number of anilines is 1. The molecule has 120 valence electrons. The highest BCUT2D eigenvalue weighted by atomic mass is 19.1. The third-order valence-electron chi connectivity index (χ3n) is 5.01. The van der Waals surface area contributed by atoms with Gasteiger partial charge in [-0.3, -0.25) is 4.79 Å². The molecule has 0 unspecified atom stereocenters. The second kappa shape index (κ2) is 7.12. The molecule has 4 heteroatoms. The first-order chi connectivity index (χ1) is 10.7. The average Bonchev–Trinajstić information content (AvgIpc) is 2.57. The third-order valence-corrected chi connectivity index (χ3v) is 5.01. The molecule has 0 bridgehead atoms. The van der Waals surface area contributed by atoms with Gasteiger partial charge in [0.05, 0.1) is 0 Å². The maximum absolute atomic E-state index is 13.0. The molecular weight excluding hydrogens is 279 g/mol. The molecule has 0 atom stereocenters. The number of carbonyl (C=O) groups excluding carboxylic acids is 1. The monoisotopic (exact) mass is 304 g/mol. The fourth-order valence-corrected chi connectivity index (χ4v) is 3.63. The van der Waals surface area contributed by atoms with Gasteiger partial charge in [-0.15, -0.1) is 0 Å². The minimum absolute atomic E-state index is 0.204. The Morgan fingerprint density at radius 3 is 2.27 bits per heavy atom. The van der Waals surface area contributed by atoms with Gasteiger partial charge in [-0.2, -0.15) is 0 Å². The third kappa shape index (κ3) is 3.79. The van der Waals surface area contributed by atoms with Gasteiger partial charge in [0, 0.05) is 38.3 Å². The van der Waals surface area contributed by atoms with E-state index in [2.05, 4.69) is 4.90 Å². The number of amides is 1. The van der Waals surface area contributed by atoms with Gasteiger partial charge in [0.15, 0.2) is 0 Å². The van der Waals surface area contributed by atoms with E-state index in [0.717, 1.165) is 38.3 Å². The Morgan fingerprint density at radius 1 is 1.00 bits per heavy atom. The molecule has 0 aromatic heterocycles. The van der Waals surface area contributed by atoms with Crippen molar-refractivity contribution in [2.75, 3.05) is 31.1 Å². The fourth-order valence-electron chi connectivity index (χ4n) is 3.63. The van der Waals surface area contributed by atoms with Gasteiger partial charge in [0.2, 0.25) is 5.91 Å². The summed E-state index contributed by atoms with van der Waals surface area (Å²) in [5, 5.41) is 0. The zero-order valence-corrected chi connectivity index (χ0v) is 13.1. The maximum Gasteiger partial charge on any atom is 0.222 e. The number of benzene rings is 1. The van der Waals surface area contributed by atoms with Crippen molar-refractivity contribution in [3.8, 4) is 0 Å². The van der Waals surface area contributed by atoms with E-state index < -0.39 is 0 Å². The summed E-state index contributed by atoms with van der Waals surface area (Å²) in [6.07, 6.45) is 7.09. The Hall–Kier alpha value is -1.58. The summed E-state index contributed by atoms with van der Waals surface area (Å²) >= 11 is 0. The molecule has 0 N–H and O–H groups in total. The van der Waals surface area contributed by atoms with Gasteiger partial charge in [-0.05, 0) is 43.0 Å². The van der Waals surface area contributed by atoms with Crippen molar-refractivity contribution in [2.24, 2.45) is 5.92 Å². The smallest absolute Gasteiger partial charge is 0.222 e. The lowest BCUT2D eigenvalue weighted by Gasteiger charge is -2.37. The van der Waals surface area contributed by atoms with Gasteiger partial charge in [0.25, 0.3) is 0 Å². The molecule has 0 spiro atoms. The number of halogens is 1. The molecule has 1 saturated carbocycles. The summed E-state index contributed by atoms with van der Waals surface area (Å²) in [6.45, 7) is 3.23. The normalized spacial score (nSPS) is 20.2. The summed E-state index contributed by atoms with van der Waals surface area (Å²) in [5.74, 6) is 0.729. The molecule has 22 heavy (non-hydrogen) atoms. The van der Waals surface area contributed by atoms with Crippen molar-refractivity contribution in [1.82, 2.24) is 4.90 Å². The molecule has 1 amide bonds. The van der Waals surface area contributed by atoms with Crippen LogP contribution in [-0.4, -0.2) is 37.0 Å². The van der Waals surface area contributed by atoms with E-state index in [1.807, 2.05) is 17.0 Å². The molecular formula is C18H25FN2O. The molecule has 1 heterocycles. The Bertz CT molecular complexity index is 488. The first kappa shape index (κ1) is 15.3. The van der Waals surface area contributed by atoms with E-state index in [4.69, 9.17) is 0 Å². The Labute approximate surface area is 132 Å². The topological polar surface area (TPSA) is 23.6 Å². The van der Waals surface area contributed by atoms with Crippen molar-refractivity contribution in [3.63, 3.8) is 0 Å². The van der Waals surface area contributed by atoms with Crippen LogP contribution in [0.1, 0.15) is 38.5 Å². The Kier molecular flexibility index (Phi) is 4.96. The van der Waals surface area contributed by atoms with Gasteiger partial charge < -0.3 is 9.80 Å². The standard InChI is InChI=1S/C18H25FN2O/c19-16-6-8-17(9-7-16)20-10-12-21(13-11-20)18(22)14-15-4-2-1-3-5-15/h6-9,15H,1-5,10-14H2. The molecule has 3 nitrogen and oxygen atoms in total. The minimum Gasteiger partial charge on any atom is -0.368 e. The summed E-state index contributed by atoms with van der Waals surface area (Å²) < 4.78 is 13.0. The number of nitrogens with zero attached hydrogens (tertiary/aromatic N) is 2. The van der Waals surface area contributed by atoms with Crippen LogP contribution in [0.3, 0.4) is 0 Å². The number of hydrogen-bond donors (Lipinski definition) is 0. The second-order valence-corrected chi connectivity index (χ2v) is 6.55. The molecule has 2 aliphatic rings. The molecule has 1 saturated heterocycles. The minimum atomic E-state index is -0.204. The van der Waals surface area contributed by atoms with Crippen LogP contribution in [-0.2, 0) is 4.79 Å². The number of hydrogen-bond acceptors (Lipinski definition) is 2. The second-order valence-electron chi connectivity index (χ2n) is 6.55. The highest BCUT2D eigenvalue weighted by Crippen LogP contribution is 2.27. The molecule has 1 aromatic rings. The van der Waals surface area contributed by atoms with Gasteiger partial charge in [-0.1, -0.05) is 19.3 Å². The molecule has 1 aliphatic heterocycles. The Morgan fingerprint density at radius 2 is 1.64 bits per heavy atom. The predicted molar refractivity (Wildman–Crippen MR) is 86.4 cm³/mol. The number of piperazine rings is 1. The van der Waals surface area contributed by atoms with Crippen LogP contribution in [0.2, 0.25) is 0 Å². The zero-order chi connectivity index (χ0) is 15.4. The van der Waals surface area contributed by atoms with Crippen molar-refractivity contribution in [1.29, 1.82) is 0 Å². The van der Waals surface area contributed by atoms with Crippen LogP contribution in [0.15, 0.2) is 24.3 Å². The predicted octanol–water partition coefficient (Wildman–Crippen LogP) is 3.44. The highest BCUT2D eigenvalue weighted by molar-refractivity contribution is 5.76. The summed E-state index contributed by atoms with van der Waals surface area (Å²) in [5.41, 5.74) is 1.04. The molecule has 1 aliphatic carbocycles. The lowest BCUT2D eigenvalue weighted by Crippen LogP contribution is -2.49. The van der Waals surface area contributed by atoms with Crippen molar-refractivity contribution in [3.05, 3.63) is 30.1 Å². The first-order valence-corrected chi connectivity index (χ1v) is 8.50. The van der Waals surface area contributed by atoms with E-state index in [-0.39, 0.29) is 5.82 Å². The van der Waals surface area contributed by atoms with Crippen LogP contribution in [0.25, 0.3) is 0 Å². The lowest BCUT2D eigenvalue weighted by atomic mass is 9.86. The number of carbonyl (C=O) groups is 1. The van der Waals surface area contributed by atoms with Crippen LogP contribution < -0.4 is 4.90 Å². The van der Waals surface area contributed by atoms with Crippen LogP contribution in [0.5, 0.6) is 0 Å². The van der Waals surface area contributed by atoms with Crippen molar-refractivity contribution >= 4 is 11.6 Å². The van der Waals surface area contributed by atoms with Crippen LogP contribution in [0, 0.1) is 11.7 Å². The van der Waals surface area contributed by atoms with Gasteiger partial charge in [-0.25, -0.2) is 4.39 Å². The molecule has 0 radical (unpaired) electrons. The molecule has 3 rings (SSSR count). The first-order valence-electron chi connectivity index (χ1n) is 8.50. The van der Waals surface area contributed by atoms with Crippen molar-refractivity contribution < 1.29 is 9.18 Å². The highest BCUT2D eigenvalue weighted by Gasteiger charge is 2.24. The molecule has 2 fully saturated rings. The van der Waals surface area contributed by atoms with Crippen LogP contribution in [0.4, 0.5) is 10.1 Å². The van der Waals surface area contributed by atoms with Gasteiger partial charge >= 0.3 is 0 Å². The van der Waals surface area contributed by atoms with Gasteiger partial charge in [0.1, 0.15) is 5.82 Å². The molecule has 1 aromatic carbocycles. The Balaban J connectivity index is 1.48. The number of rotatable bonds is 3. The quantitative estimate of drug-likeness (QED) is 0.854. The van der Waals surface area contributed by atoms with Crippen LogP contribution >= 0.6 is 0 Å².